The lowest BCUT2D eigenvalue weighted by molar-refractivity contribution is 0.0193. The number of methoxy groups -OCH3 is 1. The molecule has 5 heteroatoms. The van der Waals surface area contributed by atoms with Crippen LogP contribution in [0.1, 0.15) is 5.56 Å². The molecule has 4 nitrogen and oxygen atoms in total. The summed E-state index contributed by atoms with van der Waals surface area (Å²) in [4.78, 5) is 1.11. The zero-order valence-electron chi connectivity index (χ0n) is 11.6. The van der Waals surface area contributed by atoms with Crippen LogP contribution in [0.25, 0.3) is 0 Å². The molecule has 0 saturated carbocycles. The highest BCUT2D eigenvalue weighted by atomic mass is 32.2. The van der Waals surface area contributed by atoms with E-state index in [1.807, 2.05) is 12.1 Å². The van der Waals surface area contributed by atoms with E-state index in [0.717, 1.165) is 4.90 Å². The highest BCUT2D eigenvalue weighted by Gasteiger charge is 1.95. The largest absolute Gasteiger partial charge is 0.382 e. The molecular formula is C14H22O4S. The molecule has 1 rings (SSSR count). The molecule has 0 aliphatic heterocycles. The number of ether oxygens (including phenoxy) is 3. The average Bonchev–Trinajstić information content (AvgIpc) is 2.43. The predicted molar refractivity (Wildman–Crippen MR) is 76.5 cm³/mol. The van der Waals surface area contributed by atoms with E-state index in [1.54, 1.807) is 7.11 Å². The second-order valence-electron chi connectivity index (χ2n) is 3.94. The van der Waals surface area contributed by atoms with Gasteiger partial charge < -0.3 is 18.4 Å². The normalized spacial score (nSPS) is 10.8. The molecule has 0 heterocycles. The molecule has 108 valence electrons. The summed E-state index contributed by atoms with van der Waals surface area (Å²) in [6.07, 6.45) is 0. The van der Waals surface area contributed by atoms with Crippen LogP contribution in [0.15, 0.2) is 29.2 Å². The van der Waals surface area contributed by atoms with Gasteiger partial charge in [-0.15, -0.1) is 0 Å². The van der Waals surface area contributed by atoms with E-state index >= 15 is 0 Å². The van der Waals surface area contributed by atoms with Gasteiger partial charge in [0.15, 0.2) is 0 Å². The van der Waals surface area contributed by atoms with Crippen LogP contribution in [0.5, 0.6) is 0 Å². The minimum absolute atomic E-state index is 0.566. The third-order valence-electron chi connectivity index (χ3n) is 2.29. The van der Waals surface area contributed by atoms with Crippen LogP contribution in [0, 0.1) is 6.92 Å². The van der Waals surface area contributed by atoms with E-state index in [0.29, 0.717) is 39.6 Å². The minimum atomic E-state index is 0.566. The Labute approximate surface area is 119 Å². The van der Waals surface area contributed by atoms with Gasteiger partial charge in [0, 0.05) is 24.0 Å². The molecule has 19 heavy (non-hydrogen) atoms. The Kier molecular flexibility index (Phi) is 9.75. The molecule has 0 spiro atoms. The first-order valence-corrected chi connectivity index (χ1v) is 7.07. The average molecular weight is 286 g/mol. The summed E-state index contributed by atoms with van der Waals surface area (Å²) in [5.74, 6) is 0. The standard InChI is InChI=1S/C14H22O4S/c1-13-3-5-14(6-4-13)19-18-12-11-17-10-9-16-8-7-15-2/h3-6H,7-12H2,1-2H3. The number of benzene rings is 1. The van der Waals surface area contributed by atoms with Gasteiger partial charge in [0.2, 0.25) is 0 Å². The van der Waals surface area contributed by atoms with Crippen molar-refractivity contribution in [2.24, 2.45) is 0 Å². The van der Waals surface area contributed by atoms with E-state index in [4.69, 9.17) is 18.4 Å². The summed E-state index contributed by atoms with van der Waals surface area (Å²) in [7, 11) is 1.66. The van der Waals surface area contributed by atoms with E-state index in [2.05, 4.69) is 19.1 Å². The van der Waals surface area contributed by atoms with Crippen molar-refractivity contribution in [2.45, 2.75) is 11.8 Å². The lowest BCUT2D eigenvalue weighted by atomic mass is 10.2. The van der Waals surface area contributed by atoms with Gasteiger partial charge in [0.25, 0.3) is 0 Å². The number of hydrogen-bond donors (Lipinski definition) is 0. The van der Waals surface area contributed by atoms with Crippen LogP contribution >= 0.6 is 12.0 Å². The molecular weight excluding hydrogens is 264 g/mol. The quantitative estimate of drug-likeness (QED) is 0.462. The van der Waals surface area contributed by atoms with Gasteiger partial charge in [-0.25, -0.2) is 0 Å². The lowest BCUT2D eigenvalue weighted by Gasteiger charge is -2.06. The Morgan fingerprint density at radius 2 is 1.42 bits per heavy atom. The topological polar surface area (TPSA) is 36.9 Å². The molecule has 0 bridgehead atoms. The van der Waals surface area contributed by atoms with Gasteiger partial charge in [-0.1, -0.05) is 17.7 Å². The van der Waals surface area contributed by atoms with Crippen molar-refractivity contribution >= 4 is 12.0 Å². The predicted octanol–water partition coefficient (Wildman–Crippen LogP) is 2.70. The number of aryl methyl sites for hydroxylation is 1. The van der Waals surface area contributed by atoms with Crippen LogP contribution in [-0.2, 0) is 18.4 Å². The van der Waals surface area contributed by atoms with Gasteiger partial charge >= 0.3 is 0 Å². The molecule has 0 aliphatic carbocycles. The summed E-state index contributed by atoms with van der Waals surface area (Å²) in [5, 5.41) is 0. The summed E-state index contributed by atoms with van der Waals surface area (Å²) in [6.45, 7) is 5.62. The van der Waals surface area contributed by atoms with Gasteiger partial charge in [-0.2, -0.15) is 0 Å². The van der Waals surface area contributed by atoms with Crippen molar-refractivity contribution in [3.05, 3.63) is 29.8 Å². The Balaban J connectivity index is 1.87. The van der Waals surface area contributed by atoms with Gasteiger partial charge in [0.1, 0.15) is 0 Å². The smallest absolute Gasteiger partial charge is 0.0852 e. The molecule has 0 radical (unpaired) electrons. The van der Waals surface area contributed by atoms with Crippen LogP contribution in [-0.4, -0.2) is 46.8 Å². The molecule has 0 atom stereocenters. The van der Waals surface area contributed by atoms with Crippen LogP contribution in [0.3, 0.4) is 0 Å². The van der Waals surface area contributed by atoms with Gasteiger partial charge in [-0.05, 0) is 19.1 Å². The highest BCUT2D eigenvalue weighted by Crippen LogP contribution is 2.18. The van der Waals surface area contributed by atoms with E-state index in [-0.39, 0.29) is 0 Å². The molecule has 0 amide bonds. The van der Waals surface area contributed by atoms with Crippen LogP contribution in [0.4, 0.5) is 0 Å². The highest BCUT2D eigenvalue weighted by molar-refractivity contribution is 7.94. The van der Waals surface area contributed by atoms with Crippen molar-refractivity contribution in [3.8, 4) is 0 Å². The SMILES string of the molecule is COCCOCCOCCOSc1ccc(C)cc1. The Morgan fingerprint density at radius 1 is 0.842 bits per heavy atom. The molecule has 1 aromatic rings. The van der Waals surface area contributed by atoms with Crippen LogP contribution in [0.2, 0.25) is 0 Å². The fourth-order valence-corrected chi connectivity index (χ4v) is 1.80. The maximum absolute atomic E-state index is 5.44. The zero-order valence-corrected chi connectivity index (χ0v) is 12.4. The Bertz CT molecular complexity index is 316. The first-order valence-electron chi connectivity index (χ1n) is 6.33. The summed E-state index contributed by atoms with van der Waals surface area (Å²) < 4.78 is 20.9. The fourth-order valence-electron chi connectivity index (χ4n) is 1.26. The molecule has 0 unspecified atom stereocenters. The zero-order chi connectivity index (χ0) is 13.8. The lowest BCUT2D eigenvalue weighted by Crippen LogP contribution is -2.10. The van der Waals surface area contributed by atoms with E-state index in [1.165, 1.54) is 17.6 Å². The first kappa shape index (κ1) is 16.5. The second-order valence-corrected chi connectivity index (χ2v) is 4.81. The summed E-state index contributed by atoms with van der Waals surface area (Å²) >= 11 is 1.38. The molecule has 0 aromatic heterocycles. The summed E-state index contributed by atoms with van der Waals surface area (Å²) in [6, 6.07) is 8.23. The maximum Gasteiger partial charge on any atom is 0.0852 e. The Morgan fingerprint density at radius 3 is 2.05 bits per heavy atom. The molecule has 0 aliphatic rings. The van der Waals surface area contributed by atoms with Crippen molar-refractivity contribution in [3.63, 3.8) is 0 Å². The van der Waals surface area contributed by atoms with E-state index < -0.39 is 0 Å². The second kappa shape index (κ2) is 11.3. The van der Waals surface area contributed by atoms with Gasteiger partial charge in [-0.3, -0.25) is 0 Å². The number of rotatable bonds is 11. The molecule has 0 saturated heterocycles. The Hall–Kier alpha value is -0.590. The minimum Gasteiger partial charge on any atom is -0.382 e. The van der Waals surface area contributed by atoms with Crippen LogP contribution < -0.4 is 0 Å². The molecule has 1 aromatic carbocycles. The molecule has 0 fully saturated rings. The van der Waals surface area contributed by atoms with Crippen molar-refractivity contribution in [1.29, 1.82) is 0 Å². The maximum atomic E-state index is 5.44. The first-order chi connectivity index (χ1) is 9.33. The van der Waals surface area contributed by atoms with Crippen molar-refractivity contribution in [2.75, 3.05) is 46.8 Å². The van der Waals surface area contributed by atoms with Crippen molar-refractivity contribution in [1.82, 2.24) is 0 Å². The van der Waals surface area contributed by atoms with Gasteiger partial charge in [0.05, 0.1) is 39.6 Å². The fraction of sp³-hybridized carbons (Fsp3) is 0.571. The van der Waals surface area contributed by atoms with Crippen molar-refractivity contribution < 1.29 is 18.4 Å². The number of hydrogen-bond acceptors (Lipinski definition) is 5. The third kappa shape index (κ3) is 9.02. The van der Waals surface area contributed by atoms with E-state index in [9.17, 15) is 0 Å². The molecule has 0 N–H and O–H groups in total. The third-order valence-corrected chi connectivity index (χ3v) is 3.04. The monoisotopic (exact) mass is 286 g/mol. The summed E-state index contributed by atoms with van der Waals surface area (Å²) in [5.41, 5.74) is 1.25.